The number of rotatable bonds is 7. The van der Waals surface area contributed by atoms with Crippen LogP contribution >= 0.6 is 11.6 Å². The van der Waals surface area contributed by atoms with E-state index < -0.39 is 23.9 Å². The Morgan fingerprint density at radius 1 is 1.18 bits per heavy atom. The zero-order chi connectivity index (χ0) is 20.8. The predicted octanol–water partition coefficient (Wildman–Crippen LogP) is 3.51. The second-order valence-electron chi connectivity index (χ2n) is 6.22. The van der Waals surface area contributed by atoms with Crippen LogP contribution in [0.1, 0.15) is 35.6 Å². The second kappa shape index (κ2) is 9.41. The Labute approximate surface area is 168 Å². The number of esters is 2. The lowest BCUT2D eigenvalue weighted by Crippen LogP contribution is -2.31. The van der Waals surface area contributed by atoms with Crippen LogP contribution in [0.4, 0.5) is 5.69 Å². The highest BCUT2D eigenvalue weighted by atomic mass is 35.5. The quantitative estimate of drug-likeness (QED) is 0.711. The van der Waals surface area contributed by atoms with Crippen molar-refractivity contribution in [1.82, 2.24) is 4.57 Å². The van der Waals surface area contributed by atoms with Crippen molar-refractivity contribution in [2.75, 3.05) is 11.9 Å². The van der Waals surface area contributed by atoms with Crippen LogP contribution in [0.3, 0.4) is 0 Å². The molecular weight excluding hydrogens is 384 g/mol. The summed E-state index contributed by atoms with van der Waals surface area (Å²) in [5, 5.41) is 3.20. The van der Waals surface area contributed by atoms with Crippen LogP contribution in [-0.2, 0) is 25.6 Å². The molecule has 0 aliphatic carbocycles. The summed E-state index contributed by atoms with van der Waals surface area (Å²) in [6.07, 6.45) is -0.983. The van der Waals surface area contributed by atoms with Crippen molar-refractivity contribution in [3.63, 3.8) is 0 Å². The van der Waals surface area contributed by atoms with E-state index in [0.29, 0.717) is 22.0 Å². The molecule has 0 unspecified atom stereocenters. The fourth-order valence-corrected chi connectivity index (χ4v) is 2.78. The summed E-state index contributed by atoms with van der Waals surface area (Å²) in [5.41, 5.74) is 2.27. The Hall–Kier alpha value is -2.80. The van der Waals surface area contributed by atoms with Crippen LogP contribution in [-0.4, -0.2) is 35.1 Å². The summed E-state index contributed by atoms with van der Waals surface area (Å²) in [7, 11) is 0. The molecule has 1 atom stereocenters. The SMILES string of the molecule is CCOC(=O)c1cc(C)n(CC(=O)O[C@H](C)C(=O)Nc2ccc(Cl)cc2)c1C. The molecule has 1 aromatic heterocycles. The molecule has 0 spiro atoms. The van der Waals surface area contributed by atoms with Gasteiger partial charge in [0.2, 0.25) is 0 Å². The van der Waals surface area contributed by atoms with E-state index in [-0.39, 0.29) is 13.2 Å². The van der Waals surface area contributed by atoms with Crippen LogP contribution in [0.25, 0.3) is 0 Å². The summed E-state index contributed by atoms with van der Waals surface area (Å²) in [5.74, 6) is -1.48. The molecule has 0 radical (unpaired) electrons. The van der Waals surface area contributed by atoms with Gasteiger partial charge in [-0.1, -0.05) is 11.6 Å². The van der Waals surface area contributed by atoms with Crippen LogP contribution in [0, 0.1) is 13.8 Å². The van der Waals surface area contributed by atoms with Gasteiger partial charge in [0.25, 0.3) is 5.91 Å². The number of amides is 1. The number of aromatic nitrogens is 1. The lowest BCUT2D eigenvalue weighted by molar-refractivity contribution is -0.153. The molecule has 0 bridgehead atoms. The number of hydrogen-bond donors (Lipinski definition) is 1. The van der Waals surface area contributed by atoms with Crippen molar-refractivity contribution < 1.29 is 23.9 Å². The Balaban J connectivity index is 1.98. The molecule has 28 heavy (non-hydrogen) atoms. The van der Waals surface area contributed by atoms with E-state index in [1.165, 1.54) is 6.92 Å². The van der Waals surface area contributed by atoms with Gasteiger partial charge in [-0.3, -0.25) is 9.59 Å². The minimum absolute atomic E-state index is 0.115. The minimum Gasteiger partial charge on any atom is -0.462 e. The highest BCUT2D eigenvalue weighted by Crippen LogP contribution is 2.17. The van der Waals surface area contributed by atoms with Gasteiger partial charge in [-0.2, -0.15) is 0 Å². The molecule has 8 heteroatoms. The molecule has 150 valence electrons. The Kier molecular flexibility index (Phi) is 7.23. The first-order valence-electron chi connectivity index (χ1n) is 8.82. The third-order valence-electron chi connectivity index (χ3n) is 4.15. The first-order chi connectivity index (χ1) is 13.2. The van der Waals surface area contributed by atoms with Gasteiger partial charge in [-0.25, -0.2) is 4.79 Å². The molecule has 0 saturated carbocycles. The molecule has 1 N–H and O–H groups in total. The number of benzene rings is 1. The van der Waals surface area contributed by atoms with Gasteiger partial charge in [0.05, 0.1) is 12.2 Å². The van der Waals surface area contributed by atoms with Gasteiger partial charge in [-0.15, -0.1) is 0 Å². The number of carbonyl (C=O) groups is 3. The summed E-state index contributed by atoms with van der Waals surface area (Å²) < 4.78 is 11.9. The maximum atomic E-state index is 12.3. The molecule has 0 aliphatic heterocycles. The fraction of sp³-hybridized carbons (Fsp3) is 0.350. The molecule has 0 saturated heterocycles. The van der Waals surface area contributed by atoms with Crippen molar-refractivity contribution >= 4 is 35.1 Å². The number of nitrogens with one attached hydrogen (secondary N) is 1. The van der Waals surface area contributed by atoms with Crippen LogP contribution in [0.5, 0.6) is 0 Å². The largest absolute Gasteiger partial charge is 0.462 e. The lowest BCUT2D eigenvalue weighted by atomic mass is 10.2. The van der Waals surface area contributed by atoms with Gasteiger partial charge >= 0.3 is 11.9 Å². The normalized spacial score (nSPS) is 11.6. The van der Waals surface area contributed by atoms with E-state index >= 15 is 0 Å². The third-order valence-corrected chi connectivity index (χ3v) is 4.40. The topological polar surface area (TPSA) is 86.6 Å². The summed E-state index contributed by atoms with van der Waals surface area (Å²) >= 11 is 5.81. The van der Waals surface area contributed by atoms with Crippen molar-refractivity contribution in [3.8, 4) is 0 Å². The predicted molar refractivity (Wildman–Crippen MR) is 105 cm³/mol. The first-order valence-corrected chi connectivity index (χ1v) is 9.20. The number of aryl methyl sites for hydroxylation is 1. The van der Waals surface area contributed by atoms with E-state index in [1.807, 2.05) is 0 Å². The molecule has 1 heterocycles. The molecule has 1 aromatic carbocycles. The summed E-state index contributed by atoms with van der Waals surface area (Å²) in [6, 6.07) is 8.26. The van der Waals surface area contributed by atoms with Crippen LogP contribution in [0.15, 0.2) is 30.3 Å². The van der Waals surface area contributed by atoms with E-state index in [2.05, 4.69) is 5.32 Å². The number of hydrogen-bond acceptors (Lipinski definition) is 5. The minimum atomic E-state index is -0.983. The fourth-order valence-electron chi connectivity index (χ4n) is 2.65. The van der Waals surface area contributed by atoms with Crippen LogP contribution < -0.4 is 5.32 Å². The van der Waals surface area contributed by atoms with E-state index in [9.17, 15) is 14.4 Å². The molecule has 1 amide bonds. The van der Waals surface area contributed by atoms with Crippen molar-refractivity contribution in [2.24, 2.45) is 0 Å². The van der Waals surface area contributed by atoms with Crippen molar-refractivity contribution in [1.29, 1.82) is 0 Å². The molecule has 2 aromatic rings. The number of anilines is 1. The average molecular weight is 407 g/mol. The Morgan fingerprint density at radius 2 is 1.82 bits per heavy atom. The first kappa shape index (κ1) is 21.5. The van der Waals surface area contributed by atoms with Crippen molar-refractivity contribution in [2.45, 2.75) is 40.3 Å². The van der Waals surface area contributed by atoms with E-state index in [1.54, 1.807) is 55.7 Å². The number of nitrogens with zero attached hydrogens (tertiary/aromatic N) is 1. The zero-order valence-electron chi connectivity index (χ0n) is 16.2. The number of ether oxygens (including phenoxy) is 2. The summed E-state index contributed by atoms with van der Waals surface area (Å²) in [6.45, 7) is 6.87. The van der Waals surface area contributed by atoms with Gasteiger partial charge in [0.15, 0.2) is 6.10 Å². The molecule has 0 fully saturated rings. The maximum absolute atomic E-state index is 12.3. The monoisotopic (exact) mass is 406 g/mol. The highest BCUT2D eigenvalue weighted by Gasteiger charge is 2.21. The zero-order valence-corrected chi connectivity index (χ0v) is 17.0. The second-order valence-corrected chi connectivity index (χ2v) is 6.66. The Morgan fingerprint density at radius 3 is 2.43 bits per heavy atom. The van der Waals surface area contributed by atoms with Gasteiger partial charge in [-0.05, 0) is 58.0 Å². The van der Waals surface area contributed by atoms with Gasteiger partial charge < -0.3 is 19.4 Å². The van der Waals surface area contributed by atoms with Gasteiger partial charge in [0.1, 0.15) is 6.54 Å². The highest BCUT2D eigenvalue weighted by molar-refractivity contribution is 6.30. The van der Waals surface area contributed by atoms with Crippen molar-refractivity contribution in [3.05, 3.63) is 52.3 Å². The molecular formula is C20H23ClN2O5. The number of halogens is 1. The van der Waals surface area contributed by atoms with E-state index in [4.69, 9.17) is 21.1 Å². The smallest absolute Gasteiger partial charge is 0.339 e. The van der Waals surface area contributed by atoms with Gasteiger partial charge in [0, 0.05) is 22.1 Å². The van der Waals surface area contributed by atoms with E-state index in [0.717, 1.165) is 5.69 Å². The molecule has 2 rings (SSSR count). The maximum Gasteiger partial charge on any atom is 0.339 e. The lowest BCUT2D eigenvalue weighted by Gasteiger charge is -2.15. The third kappa shape index (κ3) is 5.36. The summed E-state index contributed by atoms with van der Waals surface area (Å²) in [4.78, 5) is 36.4. The number of carbonyl (C=O) groups excluding carboxylic acids is 3. The standard InChI is InChI=1S/C20H23ClN2O5/c1-5-27-20(26)17-10-12(2)23(13(17)3)11-18(24)28-14(4)19(25)22-16-8-6-15(21)7-9-16/h6-10,14H,5,11H2,1-4H3,(H,22,25)/t14-/m1/s1. The molecule has 7 nitrogen and oxygen atoms in total. The van der Waals surface area contributed by atoms with Crippen LogP contribution in [0.2, 0.25) is 5.02 Å². The Bertz CT molecular complexity index is 873. The average Bonchev–Trinajstić information content (AvgIpc) is 2.92. The molecule has 0 aliphatic rings.